The fourth-order valence-corrected chi connectivity index (χ4v) is 3.01. The SMILES string of the molecule is CC(C)N1CCN(CC2CNc3ccccc3O2)CC1. The highest BCUT2D eigenvalue weighted by Gasteiger charge is 2.24. The fourth-order valence-electron chi connectivity index (χ4n) is 3.01. The van der Waals surface area contributed by atoms with Crippen LogP contribution in [-0.2, 0) is 0 Å². The molecular weight excluding hydrogens is 250 g/mol. The summed E-state index contributed by atoms with van der Waals surface area (Å²) in [5.41, 5.74) is 1.12. The second-order valence-corrected chi connectivity index (χ2v) is 6.05. The van der Waals surface area contributed by atoms with Crippen molar-refractivity contribution < 1.29 is 4.74 Å². The minimum atomic E-state index is 0.260. The van der Waals surface area contributed by atoms with E-state index in [0.717, 1.165) is 37.6 Å². The molecule has 0 saturated carbocycles. The highest BCUT2D eigenvalue weighted by atomic mass is 16.5. The zero-order valence-electron chi connectivity index (χ0n) is 12.5. The Bertz CT molecular complexity index is 441. The number of para-hydroxylation sites is 2. The molecule has 1 saturated heterocycles. The Morgan fingerprint density at radius 2 is 1.95 bits per heavy atom. The van der Waals surface area contributed by atoms with E-state index in [1.54, 1.807) is 0 Å². The van der Waals surface area contributed by atoms with E-state index in [1.807, 2.05) is 18.2 Å². The molecule has 1 N–H and O–H groups in total. The monoisotopic (exact) mass is 275 g/mol. The number of hydrogen-bond donors (Lipinski definition) is 1. The quantitative estimate of drug-likeness (QED) is 0.911. The number of benzene rings is 1. The molecule has 4 nitrogen and oxygen atoms in total. The summed E-state index contributed by atoms with van der Waals surface area (Å²) < 4.78 is 6.09. The van der Waals surface area contributed by atoms with Crippen molar-refractivity contribution in [3.05, 3.63) is 24.3 Å². The van der Waals surface area contributed by atoms with E-state index in [0.29, 0.717) is 6.04 Å². The van der Waals surface area contributed by atoms with Crippen LogP contribution >= 0.6 is 0 Å². The van der Waals surface area contributed by atoms with Crippen LogP contribution in [0.1, 0.15) is 13.8 Å². The maximum absolute atomic E-state index is 6.09. The highest BCUT2D eigenvalue weighted by Crippen LogP contribution is 2.28. The Morgan fingerprint density at radius 3 is 2.70 bits per heavy atom. The van der Waals surface area contributed by atoms with E-state index >= 15 is 0 Å². The number of rotatable bonds is 3. The second-order valence-electron chi connectivity index (χ2n) is 6.05. The summed E-state index contributed by atoms with van der Waals surface area (Å²) in [6, 6.07) is 8.86. The van der Waals surface area contributed by atoms with Gasteiger partial charge in [0.25, 0.3) is 0 Å². The number of hydrogen-bond acceptors (Lipinski definition) is 4. The first-order valence-electron chi connectivity index (χ1n) is 7.68. The molecule has 0 bridgehead atoms. The Labute approximate surface area is 121 Å². The van der Waals surface area contributed by atoms with Crippen molar-refractivity contribution in [2.45, 2.75) is 26.0 Å². The van der Waals surface area contributed by atoms with Crippen LogP contribution in [0.2, 0.25) is 0 Å². The number of piperazine rings is 1. The third-order valence-electron chi connectivity index (χ3n) is 4.30. The molecule has 0 radical (unpaired) electrons. The van der Waals surface area contributed by atoms with Gasteiger partial charge < -0.3 is 10.1 Å². The zero-order valence-corrected chi connectivity index (χ0v) is 12.5. The van der Waals surface area contributed by atoms with Gasteiger partial charge in [-0.2, -0.15) is 0 Å². The van der Waals surface area contributed by atoms with Crippen molar-refractivity contribution in [2.24, 2.45) is 0 Å². The van der Waals surface area contributed by atoms with Crippen molar-refractivity contribution in [2.75, 3.05) is 44.6 Å². The van der Waals surface area contributed by atoms with Gasteiger partial charge in [0.2, 0.25) is 0 Å². The van der Waals surface area contributed by atoms with E-state index in [-0.39, 0.29) is 6.10 Å². The first-order chi connectivity index (χ1) is 9.72. The Balaban J connectivity index is 1.51. The number of anilines is 1. The molecule has 110 valence electrons. The molecule has 0 aliphatic carbocycles. The average Bonchev–Trinajstić information content (AvgIpc) is 2.48. The fraction of sp³-hybridized carbons (Fsp3) is 0.625. The van der Waals surface area contributed by atoms with E-state index in [2.05, 4.69) is 35.0 Å². The van der Waals surface area contributed by atoms with E-state index < -0.39 is 0 Å². The predicted molar refractivity (Wildman–Crippen MR) is 82.5 cm³/mol. The lowest BCUT2D eigenvalue weighted by atomic mass is 10.2. The number of fused-ring (bicyclic) bond motifs is 1. The Morgan fingerprint density at radius 1 is 1.20 bits per heavy atom. The molecule has 2 aliphatic rings. The van der Waals surface area contributed by atoms with Crippen LogP contribution in [0.5, 0.6) is 5.75 Å². The van der Waals surface area contributed by atoms with Gasteiger partial charge in [0, 0.05) is 38.8 Å². The van der Waals surface area contributed by atoms with Gasteiger partial charge in [0.1, 0.15) is 11.9 Å². The first kappa shape index (κ1) is 13.7. The van der Waals surface area contributed by atoms with Crippen LogP contribution in [0.15, 0.2) is 24.3 Å². The molecule has 2 heterocycles. The zero-order chi connectivity index (χ0) is 13.9. The molecule has 1 atom stereocenters. The largest absolute Gasteiger partial charge is 0.485 e. The van der Waals surface area contributed by atoms with Gasteiger partial charge in [0.15, 0.2) is 0 Å². The summed E-state index contributed by atoms with van der Waals surface area (Å²) in [6.07, 6.45) is 0.260. The maximum atomic E-state index is 6.09. The summed E-state index contributed by atoms with van der Waals surface area (Å²) in [4.78, 5) is 5.07. The molecule has 1 aromatic rings. The second kappa shape index (κ2) is 6.02. The van der Waals surface area contributed by atoms with Gasteiger partial charge in [-0.15, -0.1) is 0 Å². The molecule has 1 unspecified atom stereocenters. The number of nitrogens with zero attached hydrogens (tertiary/aromatic N) is 2. The minimum absolute atomic E-state index is 0.260. The topological polar surface area (TPSA) is 27.7 Å². The molecule has 1 fully saturated rings. The maximum Gasteiger partial charge on any atom is 0.142 e. The van der Waals surface area contributed by atoms with Gasteiger partial charge in [0.05, 0.1) is 12.2 Å². The lowest BCUT2D eigenvalue weighted by molar-refractivity contribution is 0.0733. The molecule has 0 aromatic heterocycles. The van der Waals surface area contributed by atoms with E-state index in [4.69, 9.17) is 4.74 Å². The smallest absolute Gasteiger partial charge is 0.142 e. The van der Waals surface area contributed by atoms with Crippen LogP contribution in [-0.4, -0.2) is 61.2 Å². The number of nitrogens with one attached hydrogen (secondary N) is 1. The summed E-state index contributed by atoms with van der Waals surface area (Å²) in [6.45, 7) is 11.1. The van der Waals surface area contributed by atoms with E-state index in [1.165, 1.54) is 13.1 Å². The highest BCUT2D eigenvalue weighted by molar-refractivity contribution is 5.57. The third-order valence-corrected chi connectivity index (χ3v) is 4.30. The lowest BCUT2D eigenvalue weighted by Crippen LogP contribution is -2.52. The predicted octanol–water partition coefficient (Wildman–Crippen LogP) is 1.89. The van der Waals surface area contributed by atoms with Crippen LogP contribution in [0.25, 0.3) is 0 Å². The van der Waals surface area contributed by atoms with Gasteiger partial charge in [-0.1, -0.05) is 12.1 Å². The van der Waals surface area contributed by atoms with Crippen molar-refractivity contribution in [3.63, 3.8) is 0 Å². The van der Waals surface area contributed by atoms with Gasteiger partial charge >= 0.3 is 0 Å². The number of ether oxygens (including phenoxy) is 1. The molecular formula is C16H25N3O. The Hall–Kier alpha value is -1.26. The average molecular weight is 275 g/mol. The first-order valence-corrected chi connectivity index (χ1v) is 7.68. The molecule has 1 aromatic carbocycles. The molecule has 3 rings (SSSR count). The normalized spacial score (nSPS) is 24.1. The summed E-state index contributed by atoms with van der Waals surface area (Å²) >= 11 is 0. The van der Waals surface area contributed by atoms with Crippen LogP contribution < -0.4 is 10.1 Å². The minimum Gasteiger partial charge on any atom is -0.485 e. The summed E-state index contributed by atoms with van der Waals surface area (Å²) in [7, 11) is 0. The third kappa shape index (κ3) is 3.07. The summed E-state index contributed by atoms with van der Waals surface area (Å²) in [5, 5.41) is 3.47. The van der Waals surface area contributed by atoms with Crippen molar-refractivity contribution in [3.8, 4) is 5.75 Å². The van der Waals surface area contributed by atoms with Gasteiger partial charge in [-0.25, -0.2) is 0 Å². The lowest BCUT2D eigenvalue weighted by Gasteiger charge is -2.39. The molecule has 2 aliphatic heterocycles. The van der Waals surface area contributed by atoms with Crippen molar-refractivity contribution in [1.82, 2.24) is 9.80 Å². The van der Waals surface area contributed by atoms with E-state index in [9.17, 15) is 0 Å². The van der Waals surface area contributed by atoms with Crippen LogP contribution in [0.3, 0.4) is 0 Å². The Kier molecular flexibility index (Phi) is 4.13. The molecule has 0 amide bonds. The van der Waals surface area contributed by atoms with Crippen molar-refractivity contribution >= 4 is 5.69 Å². The van der Waals surface area contributed by atoms with Crippen LogP contribution in [0, 0.1) is 0 Å². The van der Waals surface area contributed by atoms with Crippen molar-refractivity contribution in [1.29, 1.82) is 0 Å². The van der Waals surface area contributed by atoms with Gasteiger partial charge in [-0.05, 0) is 26.0 Å². The van der Waals surface area contributed by atoms with Gasteiger partial charge in [-0.3, -0.25) is 9.80 Å². The molecule has 4 heteroatoms. The molecule has 0 spiro atoms. The molecule has 20 heavy (non-hydrogen) atoms. The van der Waals surface area contributed by atoms with Crippen LogP contribution in [0.4, 0.5) is 5.69 Å². The standard InChI is InChI=1S/C16H25N3O/c1-13(2)19-9-7-18(8-10-19)12-14-11-17-15-5-3-4-6-16(15)20-14/h3-6,13-14,17H,7-12H2,1-2H3. The summed E-state index contributed by atoms with van der Waals surface area (Å²) in [5.74, 6) is 0.990.